The summed E-state index contributed by atoms with van der Waals surface area (Å²) < 4.78 is 0. The molecule has 0 saturated carbocycles. The highest BCUT2D eigenvalue weighted by atomic mass is 14.0. The van der Waals surface area contributed by atoms with Crippen molar-refractivity contribution in [3.8, 4) is 0 Å². The van der Waals surface area contributed by atoms with Gasteiger partial charge in [0.2, 0.25) is 0 Å². The first-order chi connectivity index (χ1) is 7.33. The van der Waals surface area contributed by atoms with Gasteiger partial charge in [-0.05, 0) is 24.3 Å². The van der Waals surface area contributed by atoms with Crippen molar-refractivity contribution in [2.24, 2.45) is 5.92 Å². The number of hydrogen-bond donors (Lipinski definition) is 0. The van der Waals surface area contributed by atoms with Crippen molar-refractivity contribution >= 4 is 6.08 Å². The summed E-state index contributed by atoms with van der Waals surface area (Å²) in [6.07, 6.45) is 9.70. The Bertz CT molecular complexity index is 271. The molecule has 1 aromatic rings. The lowest BCUT2D eigenvalue weighted by molar-refractivity contribution is 0.498. The molecular weight excluding hydrogens is 180 g/mol. The third-order valence-electron chi connectivity index (χ3n) is 2.87. The summed E-state index contributed by atoms with van der Waals surface area (Å²) in [5, 5.41) is 0. The zero-order valence-electron chi connectivity index (χ0n) is 9.95. The summed E-state index contributed by atoms with van der Waals surface area (Å²) in [7, 11) is 0. The van der Waals surface area contributed by atoms with Crippen LogP contribution in [0.25, 0.3) is 6.08 Å². The van der Waals surface area contributed by atoms with Crippen molar-refractivity contribution < 1.29 is 0 Å². The van der Waals surface area contributed by atoms with E-state index in [4.69, 9.17) is 0 Å². The van der Waals surface area contributed by atoms with Gasteiger partial charge in [-0.3, -0.25) is 0 Å². The molecule has 0 saturated heterocycles. The third-order valence-corrected chi connectivity index (χ3v) is 2.87. The Kier molecular flexibility index (Phi) is 5.84. The van der Waals surface area contributed by atoms with Gasteiger partial charge in [0, 0.05) is 0 Å². The highest BCUT2D eigenvalue weighted by molar-refractivity contribution is 5.48. The van der Waals surface area contributed by atoms with Gasteiger partial charge in [0.05, 0.1) is 0 Å². The lowest BCUT2D eigenvalue weighted by Crippen LogP contribution is -1.90. The molecule has 0 bridgehead atoms. The first kappa shape index (κ1) is 12.0. The second-order valence-electron chi connectivity index (χ2n) is 4.26. The van der Waals surface area contributed by atoms with Crippen molar-refractivity contribution in [2.75, 3.05) is 0 Å². The average molecular weight is 202 g/mol. The van der Waals surface area contributed by atoms with E-state index in [1.165, 1.54) is 31.2 Å². The molecule has 0 aliphatic carbocycles. The highest BCUT2D eigenvalue weighted by Crippen LogP contribution is 2.12. The van der Waals surface area contributed by atoms with Crippen LogP contribution in [0.4, 0.5) is 0 Å². The van der Waals surface area contributed by atoms with Crippen molar-refractivity contribution in [3.63, 3.8) is 0 Å². The molecule has 15 heavy (non-hydrogen) atoms. The van der Waals surface area contributed by atoms with Crippen LogP contribution >= 0.6 is 0 Å². The van der Waals surface area contributed by atoms with Gasteiger partial charge in [0.25, 0.3) is 0 Å². The quantitative estimate of drug-likeness (QED) is 0.575. The van der Waals surface area contributed by atoms with E-state index in [1.807, 2.05) is 0 Å². The van der Waals surface area contributed by atoms with Crippen LogP contribution in [0.5, 0.6) is 0 Å². The molecule has 0 heteroatoms. The fraction of sp³-hybridized carbons (Fsp3) is 0.467. The number of hydrogen-bond acceptors (Lipinski definition) is 0. The summed E-state index contributed by atoms with van der Waals surface area (Å²) in [4.78, 5) is 0. The maximum absolute atomic E-state index is 2.33. The van der Waals surface area contributed by atoms with E-state index in [-0.39, 0.29) is 0 Å². The molecule has 1 atom stereocenters. The van der Waals surface area contributed by atoms with Gasteiger partial charge >= 0.3 is 0 Å². The molecule has 0 N–H and O–H groups in total. The molecule has 0 aliphatic heterocycles. The van der Waals surface area contributed by atoms with E-state index in [9.17, 15) is 0 Å². The predicted octanol–water partition coefficient (Wildman–Crippen LogP) is 4.92. The van der Waals surface area contributed by atoms with Crippen LogP contribution in [-0.4, -0.2) is 0 Å². The van der Waals surface area contributed by atoms with E-state index in [0.29, 0.717) is 0 Å². The number of rotatable bonds is 6. The molecule has 0 amide bonds. The zero-order chi connectivity index (χ0) is 10.9. The Morgan fingerprint density at radius 1 is 1.20 bits per heavy atom. The van der Waals surface area contributed by atoms with E-state index in [1.54, 1.807) is 0 Å². The topological polar surface area (TPSA) is 0 Å². The van der Waals surface area contributed by atoms with Crippen molar-refractivity contribution in [1.82, 2.24) is 0 Å². The van der Waals surface area contributed by atoms with E-state index >= 15 is 0 Å². The fourth-order valence-electron chi connectivity index (χ4n) is 1.57. The standard InChI is InChI=1S/C15H22/c1-3-14(2)10-6-4-7-11-15-12-8-5-9-13-15/h5,7-9,11-14H,3-4,6,10H2,1-2H3. The minimum atomic E-state index is 0.884. The first-order valence-corrected chi connectivity index (χ1v) is 6.04. The maximum Gasteiger partial charge on any atom is -0.0260 e. The van der Waals surface area contributed by atoms with E-state index in [0.717, 1.165) is 5.92 Å². The lowest BCUT2D eigenvalue weighted by atomic mass is 10.0. The second kappa shape index (κ2) is 7.28. The number of allylic oxidation sites excluding steroid dienone is 1. The predicted molar refractivity (Wildman–Crippen MR) is 68.8 cm³/mol. The molecule has 1 rings (SSSR count). The molecule has 0 radical (unpaired) electrons. The van der Waals surface area contributed by atoms with Crippen LogP contribution in [0.1, 0.15) is 45.1 Å². The molecule has 0 fully saturated rings. The number of benzene rings is 1. The fourth-order valence-corrected chi connectivity index (χ4v) is 1.57. The number of unbranched alkanes of at least 4 members (excludes halogenated alkanes) is 1. The molecule has 0 spiro atoms. The molecular formula is C15H22. The summed E-state index contributed by atoms with van der Waals surface area (Å²) in [5.74, 6) is 0.884. The van der Waals surface area contributed by atoms with Crippen molar-refractivity contribution in [2.45, 2.75) is 39.5 Å². The van der Waals surface area contributed by atoms with E-state index < -0.39 is 0 Å². The minimum Gasteiger partial charge on any atom is -0.0839 e. The van der Waals surface area contributed by atoms with Gasteiger partial charge < -0.3 is 0 Å². The SMILES string of the molecule is CCC(C)CCCC=Cc1ccccc1. The third kappa shape index (κ3) is 5.41. The first-order valence-electron chi connectivity index (χ1n) is 6.04. The molecule has 1 aromatic carbocycles. The van der Waals surface area contributed by atoms with Gasteiger partial charge in [-0.2, -0.15) is 0 Å². The largest absolute Gasteiger partial charge is 0.0839 e. The maximum atomic E-state index is 2.33. The Hall–Kier alpha value is -1.04. The zero-order valence-corrected chi connectivity index (χ0v) is 9.95. The molecule has 0 aromatic heterocycles. The molecule has 0 aliphatic rings. The smallest absolute Gasteiger partial charge is 0.0260 e. The van der Waals surface area contributed by atoms with Gasteiger partial charge in [-0.25, -0.2) is 0 Å². The summed E-state index contributed by atoms with van der Waals surface area (Å²) in [5.41, 5.74) is 1.31. The second-order valence-corrected chi connectivity index (χ2v) is 4.26. The lowest BCUT2D eigenvalue weighted by Gasteiger charge is -2.05. The molecule has 1 unspecified atom stereocenters. The molecule has 82 valence electrons. The van der Waals surface area contributed by atoms with Gasteiger partial charge in [0.1, 0.15) is 0 Å². The monoisotopic (exact) mass is 202 g/mol. The summed E-state index contributed by atoms with van der Waals surface area (Å²) in [6.45, 7) is 4.60. The highest BCUT2D eigenvalue weighted by Gasteiger charge is 1.95. The van der Waals surface area contributed by atoms with Gasteiger partial charge in [-0.15, -0.1) is 0 Å². The van der Waals surface area contributed by atoms with Crippen molar-refractivity contribution in [1.29, 1.82) is 0 Å². The van der Waals surface area contributed by atoms with Gasteiger partial charge in [-0.1, -0.05) is 69.2 Å². The van der Waals surface area contributed by atoms with Crippen LogP contribution in [0.3, 0.4) is 0 Å². The summed E-state index contributed by atoms with van der Waals surface area (Å²) >= 11 is 0. The Morgan fingerprint density at radius 2 is 1.93 bits per heavy atom. The minimum absolute atomic E-state index is 0.884. The van der Waals surface area contributed by atoms with Crippen LogP contribution in [0.2, 0.25) is 0 Å². The normalized spacial score (nSPS) is 13.2. The molecule has 0 nitrogen and oxygen atoms in total. The Labute approximate surface area is 94.0 Å². The van der Waals surface area contributed by atoms with Crippen LogP contribution in [0, 0.1) is 5.92 Å². The summed E-state index contributed by atoms with van der Waals surface area (Å²) in [6, 6.07) is 10.5. The van der Waals surface area contributed by atoms with Gasteiger partial charge in [0.15, 0.2) is 0 Å². The van der Waals surface area contributed by atoms with Crippen LogP contribution in [-0.2, 0) is 0 Å². The van der Waals surface area contributed by atoms with E-state index in [2.05, 4.69) is 56.3 Å². The van der Waals surface area contributed by atoms with Crippen molar-refractivity contribution in [3.05, 3.63) is 42.0 Å². The average Bonchev–Trinajstić information content (AvgIpc) is 2.29. The van der Waals surface area contributed by atoms with Crippen LogP contribution in [0.15, 0.2) is 36.4 Å². The van der Waals surface area contributed by atoms with Crippen LogP contribution < -0.4 is 0 Å². The molecule has 0 heterocycles. The Morgan fingerprint density at radius 3 is 2.60 bits per heavy atom. The Balaban J connectivity index is 2.18.